The zero-order valence-electron chi connectivity index (χ0n) is 8.84. The average molecular weight is 216 g/mol. The van der Waals surface area contributed by atoms with E-state index in [1.807, 2.05) is 18.2 Å². The van der Waals surface area contributed by atoms with Crippen LogP contribution in [0.5, 0.6) is 5.75 Å². The SMILES string of the molecule is CC(C(=O)O)c1ccc(O)c2ccccc12. The number of hydrogen-bond acceptors (Lipinski definition) is 2. The number of phenols is 1. The monoisotopic (exact) mass is 216 g/mol. The van der Waals surface area contributed by atoms with E-state index in [9.17, 15) is 9.90 Å². The van der Waals surface area contributed by atoms with Crippen LogP contribution in [0.4, 0.5) is 0 Å². The van der Waals surface area contributed by atoms with Gasteiger partial charge in [0.1, 0.15) is 5.75 Å². The molecule has 0 aliphatic heterocycles. The van der Waals surface area contributed by atoms with Crippen molar-refractivity contribution in [1.29, 1.82) is 0 Å². The highest BCUT2D eigenvalue weighted by atomic mass is 16.4. The maximum absolute atomic E-state index is 11.0. The summed E-state index contributed by atoms with van der Waals surface area (Å²) in [5.41, 5.74) is 0.723. The van der Waals surface area contributed by atoms with Crippen LogP contribution in [-0.4, -0.2) is 16.2 Å². The number of carbonyl (C=O) groups is 1. The molecule has 0 aliphatic rings. The van der Waals surface area contributed by atoms with Gasteiger partial charge in [-0.25, -0.2) is 0 Å². The van der Waals surface area contributed by atoms with Crippen molar-refractivity contribution in [1.82, 2.24) is 0 Å². The molecular weight excluding hydrogens is 204 g/mol. The van der Waals surface area contributed by atoms with Crippen molar-refractivity contribution in [2.45, 2.75) is 12.8 Å². The van der Waals surface area contributed by atoms with Crippen molar-refractivity contribution >= 4 is 16.7 Å². The maximum Gasteiger partial charge on any atom is 0.310 e. The summed E-state index contributed by atoms with van der Waals surface area (Å²) in [7, 11) is 0. The minimum absolute atomic E-state index is 0.178. The Labute approximate surface area is 93.0 Å². The first kappa shape index (κ1) is 10.5. The van der Waals surface area contributed by atoms with Gasteiger partial charge in [-0.3, -0.25) is 4.79 Å². The van der Waals surface area contributed by atoms with Gasteiger partial charge in [-0.15, -0.1) is 0 Å². The van der Waals surface area contributed by atoms with E-state index < -0.39 is 11.9 Å². The molecule has 0 heterocycles. The second-order valence-electron chi connectivity index (χ2n) is 3.78. The molecule has 0 fully saturated rings. The molecule has 0 spiro atoms. The van der Waals surface area contributed by atoms with E-state index in [-0.39, 0.29) is 5.75 Å². The lowest BCUT2D eigenvalue weighted by atomic mass is 9.94. The van der Waals surface area contributed by atoms with Gasteiger partial charge in [0.05, 0.1) is 5.92 Å². The molecule has 1 atom stereocenters. The van der Waals surface area contributed by atoms with Gasteiger partial charge in [0.2, 0.25) is 0 Å². The van der Waals surface area contributed by atoms with Gasteiger partial charge < -0.3 is 10.2 Å². The van der Waals surface area contributed by atoms with E-state index in [1.165, 1.54) is 6.07 Å². The normalized spacial score (nSPS) is 12.6. The Kier molecular flexibility index (Phi) is 2.52. The summed E-state index contributed by atoms with van der Waals surface area (Å²) in [6.45, 7) is 1.64. The van der Waals surface area contributed by atoms with Crippen LogP contribution in [0.2, 0.25) is 0 Å². The summed E-state index contributed by atoms with van der Waals surface area (Å²) >= 11 is 0. The number of phenolic OH excluding ortho intramolecular Hbond substituents is 1. The predicted octanol–water partition coefficient (Wildman–Crippen LogP) is 2.73. The van der Waals surface area contributed by atoms with Crippen molar-refractivity contribution in [3.63, 3.8) is 0 Å². The zero-order chi connectivity index (χ0) is 11.7. The molecule has 0 radical (unpaired) electrons. The Bertz CT molecular complexity index is 546. The highest BCUT2D eigenvalue weighted by Gasteiger charge is 2.17. The van der Waals surface area contributed by atoms with Crippen LogP contribution >= 0.6 is 0 Å². The molecule has 0 aromatic heterocycles. The molecule has 3 heteroatoms. The largest absolute Gasteiger partial charge is 0.507 e. The van der Waals surface area contributed by atoms with E-state index in [0.29, 0.717) is 5.39 Å². The molecule has 82 valence electrons. The molecule has 2 aromatic rings. The number of hydrogen-bond donors (Lipinski definition) is 2. The zero-order valence-corrected chi connectivity index (χ0v) is 8.84. The molecule has 0 bridgehead atoms. The molecular formula is C13H12O3. The first-order chi connectivity index (χ1) is 7.61. The third-order valence-electron chi connectivity index (χ3n) is 2.77. The second kappa shape index (κ2) is 3.85. The van der Waals surface area contributed by atoms with Gasteiger partial charge in [-0.1, -0.05) is 30.3 Å². The number of aromatic hydroxyl groups is 1. The molecule has 2 aromatic carbocycles. The number of rotatable bonds is 2. The fraction of sp³-hybridized carbons (Fsp3) is 0.154. The van der Waals surface area contributed by atoms with Crippen LogP contribution in [0.15, 0.2) is 36.4 Å². The predicted molar refractivity (Wildman–Crippen MR) is 61.7 cm³/mol. The van der Waals surface area contributed by atoms with Crippen LogP contribution in [0.25, 0.3) is 10.8 Å². The number of benzene rings is 2. The van der Waals surface area contributed by atoms with Gasteiger partial charge in [0, 0.05) is 5.39 Å². The van der Waals surface area contributed by atoms with Gasteiger partial charge in [0.25, 0.3) is 0 Å². The minimum atomic E-state index is -0.865. The lowest BCUT2D eigenvalue weighted by molar-refractivity contribution is -0.138. The van der Waals surface area contributed by atoms with E-state index in [0.717, 1.165) is 10.9 Å². The molecule has 0 saturated heterocycles. The van der Waals surface area contributed by atoms with E-state index in [2.05, 4.69) is 0 Å². The van der Waals surface area contributed by atoms with Gasteiger partial charge in [-0.2, -0.15) is 0 Å². The highest BCUT2D eigenvalue weighted by Crippen LogP contribution is 2.31. The van der Waals surface area contributed by atoms with E-state index in [1.54, 1.807) is 19.1 Å². The second-order valence-corrected chi connectivity index (χ2v) is 3.78. The van der Waals surface area contributed by atoms with Crippen molar-refractivity contribution in [2.24, 2.45) is 0 Å². The van der Waals surface area contributed by atoms with Crippen LogP contribution in [-0.2, 0) is 4.79 Å². The summed E-state index contributed by atoms with van der Waals surface area (Å²) in [6, 6.07) is 10.5. The summed E-state index contributed by atoms with van der Waals surface area (Å²) in [5, 5.41) is 20.1. The summed E-state index contributed by atoms with van der Waals surface area (Å²) in [4.78, 5) is 11.0. The Balaban J connectivity index is 2.72. The van der Waals surface area contributed by atoms with Gasteiger partial charge in [-0.05, 0) is 23.9 Å². The van der Waals surface area contributed by atoms with E-state index in [4.69, 9.17) is 5.11 Å². The summed E-state index contributed by atoms with van der Waals surface area (Å²) < 4.78 is 0. The summed E-state index contributed by atoms with van der Waals surface area (Å²) in [6.07, 6.45) is 0. The first-order valence-electron chi connectivity index (χ1n) is 5.04. The molecule has 0 saturated carbocycles. The van der Waals surface area contributed by atoms with Crippen LogP contribution in [0, 0.1) is 0 Å². The third-order valence-corrected chi connectivity index (χ3v) is 2.77. The fourth-order valence-electron chi connectivity index (χ4n) is 1.82. The molecule has 2 rings (SSSR count). The minimum Gasteiger partial charge on any atom is -0.507 e. The molecule has 3 nitrogen and oxygen atoms in total. The van der Waals surface area contributed by atoms with Crippen LogP contribution < -0.4 is 0 Å². The lowest BCUT2D eigenvalue weighted by Crippen LogP contribution is -2.07. The molecule has 2 N–H and O–H groups in total. The molecule has 16 heavy (non-hydrogen) atoms. The Hall–Kier alpha value is -2.03. The van der Waals surface area contributed by atoms with Crippen molar-refractivity contribution < 1.29 is 15.0 Å². The number of carboxylic acid groups (broad SMARTS) is 1. The van der Waals surface area contributed by atoms with Gasteiger partial charge in [0.15, 0.2) is 0 Å². The topological polar surface area (TPSA) is 57.5 Å². The lowest BCUT2D eigenvalue weighted by Gasteiger charge is -2.11. The fourth-order valence-corrected chi connectivity index (χ4v) is 1.82. The molecule has 1 unspecified atom stereocenters. The number of aliphatic carboxylic acids is 1. The highest BCUT2D eigenvalue weighted by molar-refractivity contribution is 5.94. The summed E-state index contributed by atoms with van der Waals surface area (Å²) in [5.74, 6) is -1.27. The first-order valence-corrected chi connectivity index (χ1v) is 5.04. The molecule has 0 aliphatic carbocycles. The average Bonchev–Trinajstić information content (AvgIpc) is 2.29. The quantitative estimate of drug-likeness (QED) is 0.811. The maximum atomic E-state index is 11.0. The van der Waals surface area contributed by atoms with Crippen molar-refractivity contribution in [3.8, 4) is 5.75 Å². The van der Waals surface area contributed by atoms with Crippen molar-refractivity contribution in [3.05, 3.63) is 42.0 Å². The Morgan fingerprint density at radius 2 is 1.75 bits per heavy atom. The smallest absolute Gasteiger partial charge is 0.310 e. The van der Waals surface area contributed by atoms with Crippen molar-refractivity contribution in [2.75, 3.05) is 0 Å². The Morgan fingerprint density at radius 1 is 1.12 bits per heavy atom. The number of carboxylic acids is 1. The number of fused-ring (bicyclic) bond motifs is 1. The molecule has 0 amide bonds. The van der Waals surface area contributed by atoms with Crippen LogP contribution in [0.1, 0.15) is 18.4 Å². The van der Waals surface area contributed by atoms with E-state index >= 15 is 0 Å². The Morgan fingerprint density at radius 3 is 2.38 bits per heavy atom. The standard InChI is InChI=1S/C13H12O3/c1-8(13(15)16)9-6-7-12(14)11-5-3-2-4-10(9)11/h2-8,14H,1H3,(H,15,16). The van der Waals surface area contributed by atoms with Crippen LogP contribution in [0.3, 0.4) is 0 Å². The van der Waals surface area contributed by atoms with Gasteiger partial charge >= 0.3 is 5.97 Å². The third kappa shape index (κ3) is 1.60.